The summed E-state index contributed by atoms with van der Waals surface area (Å²) in [5, 5.41) is 3.26. The van der Waals surface area contributed by atoms with E-state index >= 15 is 0 Å². The molecule has 0 saturated carbocycles. The van der Waals surface area contributed by atoms with Gasteiger partial charge in [-0.1, -0.05) is 6.07 Å². The van der Waals surface area contributed by atoms with E-state index in [-0.39, 0.29) is 23.9 Å². The summed E-state index contributed by atoms with van der Waals surface area (Å²) in [5.41, 5.74) is -0.0455. The lowest BCUT2D eigenvalue weighted by Gasteiger charge is -2.26. The molecule has 2 unspecified atom stereocenters. The van der Waals surface area contributed by atoms with Gasteiger partial charge in [0.15, 0.2) is 0 Å². The molecule has 2 atom stereocenters. The molecule has 1 fully saturated rings. The molecule has 6 heteroatoms. The zero-order chi connectivity index (χ0) is 15.4. The standard InChI is InChI=1S/C16H22F2N2O.ClH/c1-11(16-13(17)4-3-5-14(16)18)20(2)15(21)7-6-12-8-9-19-10-12;/h3-5,11-12,19H,6-10H2,1-2H3;1H. The molecule has 1 amide bonds. The quantitative estimate of drug-likeness (QED) is 0.897. The molecule has 22 heavy (non-hydrogen) atoms. The van der Waals surface area contributed by atoms with Crippen molar-refractivity contribution in [1.29, 1.82) is 0 Å². The summed E-state index contributed by atoms with van der Waals surface area (Å²) < 4.78 is 27.5. The molecule has 1 heterocycles. The molecule has 0 spiro atoms. The molecule has 3 nitrogen and oxygen atoms in total. The molecule has 1 aromatic rings. The van der Waals surface area contributed by atoms with Crippen molar-refractivity contribution in [2.24, 2.45) is 5.92 Å². The second kappa shape index (κ2) is 8.44. The van der Waals surface area contributed by atoms with Crippen LogP contribution in [0.2, 0.25) is 0 Å². The van der Waals surface area contributed by atoms with Crippen LogP contribution in [-0.2, 0) is 4.79 Å². The fourth-order valence-electron chi connectivity index (χ4n) is 2.78. The maximum Gasteiger partial charge on any atom is 0.222 e. The van der Waals surface area contributed by atoms with Crippen LogP contribution in [0.3, 0.4) is 0 Å². The fraction of sp³-hybridized carbons (Fsp3) is 0.562. The number of halogens is 3. The van der Waals surface area contributed by atoms with E-state index in [1.165, 1.54) is 23.1 Å². The van der Waals surface area contributed by atoms with Crippen molar-refractivity contribution in [1.82, 2.24) is 10.2 Å². The normalized spacial score (nSPS) is 18.6. The van der Waals surface area contributed by atoms with Crippen molar-refractivity contribution in [3.63, 3.8) is 0 Å². The van der Waals surface area contributed by atoms with Gasteiger partial charge in [0.05, 0.1) is 6.04 Å². The molecule has 1 aliphatic rings. The van der Waals surface area contributed by atoms with Crippen LogP contribution in [0, 0.1) is 17.6 Å². The van der Waals surface area contributed by atoms with Crippen molar-refractivity contribution in [3.8, 4) is 0 Å². The predicted octanol–water partition coefficient (Wildman–Crippen LogP) is 3.30. The Morgan fingerprint density at radius 2 is 2.05 bits per heavy atom. The Morgan fingerprint density at radius 3 is 2.59 bits per heavy atom. The molecule has 124 valence electrons. The second-order valence-electron chi connectivity index (χ2n) is 5.71. The van der Waals surface area contributed by atoms with Crippen molar-refractivity contribution >= 4 is 18.3 Å². The Hall–Kier alpha value is -1.20. The third kappa shape index (κ3) is 4.40. The van der Waals surface area contributed by atoms with E-state index in [9.17, 15) is 13.6 Å². The molecule has 1 N–H and O–H groups in total. The van der Waals surface area contributed by atoms with Gasteiger partial charge < -0.3 is 10.2 Å². The first-order valence-corrected chi connectivity index (χ1v) is 7.41. The zero-order valence-electron chi connectivity index (χ0n) is 12.9. The summed E-state index contributed by atoms with van der Waals surface area (Å²) in [7, 11) is 1.60. The Balaban J connectivity index is 0.00000242. The second-order valence-corrected chi connectivity index (χ2v) is 5.71. The van der Waals surface area contributed by atoms with Gasteiger partial charge in [-0.25, -0.2) is 8.78 Å². The minimum atomic E-state index is -0.611. The number of carbonyl (C=O) groups excluding carboxylic acids is 1. The van der Waals surface area contributed by atoms with Gasteiger partial charge in [0.1, 0.15) is 11.6 Å². The molecule has 0 radical (unpaired) electrons. The van der Waals surface area contributed by atoms with Gasteiger partial charge in [-0.15, -0.1) is 12.4 Å². The zero-order valence-corrected chi connectivity index (χ0v) is 13.8. The largest absolute Gasteiger partial charge is 0.339 e. The van der Waals surface area contributed by atoms with Crippen molar-refractivity contribution in [2.45, 2.75) is 32.2 Å². The van der Waals surface area contributed by atoms with E-state index < -0.39 is 17.7 Å². The predicted molar refractivity (Wildman–Crippen MR) is 85.0 cm³/mol. The Morgan fingerprint density at radius 1 is 1.41 bits per heavy atom. The van der Waals surface area contributed by atoms with Crippen molar-refractivity contribution in [3.05, 3.63) is 35.4 Å². The average molecular weight is 333 g/mol. The highest BCUT2D eigenvalue weighted by molar-refractivity contribution is 5.85. The van der Waals surface area contributed by atoms with E-state index in [0.717, 1.165) is 25.9 Å². The van der Waals surface area contributed by atoms with E-state index in [2.05, 4.69) is 5.32 Å². The topological polar surface area (TPSA) is 32.3 Å². The SMILES string of the molecule is CC(c1c(F)cccc1F)N(C)C(=O)CCC1CCNC1.Cl. The smallest absolute Gasteiger partial charge is 0.222 e. The van der Waals surface area contributed by atoms with Crippen LogP contribution in [-0.4, -0.2) is 30.9 Å². The summed E-state index contributed by atoms with van der Waals surface area (Å²) in [4.78, 5) is 13.6. The fourth-order valence-corrected chi connectivity index (χ4v) is 2.78. The van der Waals surface area contributed by atoms with Gasteiger partial charge >= 0.3 is 0 Å². The van der Waals surface area contributed by atoms with Crippen LogP contribution in [0.15, 0.2) is 18.2 Å². The van der Waals surface area contributed by atoms with Gasteiger partial charge in [-0.2, -0.15) is 0 Å². The Labute approximate surface area is 136 Å². The third-order valence-corrected chi connectivity index (χ3v) is 4.32. The summed E-state index contributed by atoms with van der Waals surface area (Å²) in [5.74, 6) is -0.760. The third-order valence-electron chi connectivity index (χ3n) is 4.32. The Bertz CT molecular complexity index is 487. The molecular formula is C16H23ClF2N2O. The summed E-state index contributed by atoms with van der Waals surface area (Å²) in [6.07, 6.45) is 2.33. The summed E-state index contributed by atoms with van der Waals surface area (Å²) >= 11 is 0. The molecule has 0 aromatic heterocycles. The molecule has 1 saturated heterocycles. The van der Waals surface area contributed by atoms with Crippen LogP contribution in [0.1, 0.15) is 37.8 Å². The molecular weight excluding hydrogens is 310 g/mol. The van der Waals surface area contributed by atoms with Gasteiger partial charge in [-0.3, -0.25) is 4.79 Å². The highest BCUT2D eigenvalue weighted by Crippen LogP contribution is 2.26. The van der Waals surface area contributed by atoms with Crippen molar-refractivity contribution in [2.75, 3.05) is 20.1 Å². The Kier molecular flexibility index (Phi) is 7.23. The van der Waals surface area contributed by atoms with Gasteiger partial charge in [0.2, 0.25) is 5.91 Å². The number of nitrogens with one attached hydrogen (secondary N) is 1. The molecule has 1 aliphatic heterocycles. The summed E-state index contributed by atoms with van der Waals surface area (Å²) in [6, 6.07) is 3.16. The van der Waals surface area contributed by atoms with E-state index in [0.29, 0.717) is 12.3 Å². The lowest BCUT2D eigenvalue weighted by atomic mass is 10.0. The number of hydrogen-bond acceptors (Lipinski definition) is 2. The highest BCUT2D eigenvalue weighted by Gasteiger charge is 2.24. The highest BCUT2D eigenvalue weighted by atomic mass is 35.5. The summed E-state index contributed by atoms with van der Waals surface area (Å²) in [6.45, 7) is 3.61. The van der Waals surface area contributed by atoms with Crippen LogP contribution >= 0.6 is 12.4 Å². The van der Waals surface area contributed by atoms with E-state index in [1.54, 1.807) is 14.0 Å². The van der Waals surface area contributed by atoms with Gasteiger partial charge in [-0.05, 0) is 50.9 Å². The monoisotopic (exact) mass is 332 g/mol. The maximum absolute atomic E-state index is 13.8. The van der Waals surface area contributed by atoms with Crippen LogP contribution in [0.4, 0.5) is 8.78 Å². The van der Waals surface area contributed by atoms with E-state index in [4.69, 9.17) is 0 Å². The van der Waals surface area contributed by atoms with E-state index in [1.807, 2.05) is 0 Å². The number of hydrogen-bond donors (Lipinski definition) is 1. The minimum Gasteiger partial charge on any atom is -0.339 e. The van der Waals surface area contributed by atoms with Gasteiger partial charge in [0.25, 0.3) is 0 Å². The number of benzene rings is 1. The van der Waals surface area contributed by atoms with Crippen LogP contribution in [0.5, 0.6) is 0 Å². The van der Waals surface area contributed by atoms with Crippen molar-refractivity contribution < 1.29 is 13.6 Å². The lowest BCUT2D eigenvalue weighted by Crippen LogP contribution is -2.31. The van der Waals surface area contributed by atoms with Crippen LogP contribution in [0.25, 0.3) is 0 Å². The number of carbonyl (C=O) groups is 1. The minimum absolute atomic E-state index is 0. The number of nitrogens with zero attached hydrogens (tertiary/aromatic N) is 1. The maximum atomic E-state index is 13.8. The molecule has 0 bridgehead atoms. The number of amides is 1. The first-order chi connectivity index (χ1) is 10.0. The molecule has 0 aliphatic carbocycles. The average Bonchev–Trinajstić information content (AvgIpc) is 2.96. The lowest BCUT2D eigenvalue weighted by molar-refractivity contribution is -0.132. The first-order valence-electron chi connectivity index (χ1n) is 7.41. The molecule has 2 rings (SSSR count). The number of rotatable bonds is 5. The first kappa shape index (κ1) is 18.8. The molecule has 1 aromatic carbocycles. The van der Waals surface area contributed by atoms with Gasteiger partial charge in [0, 0.05) is 19.0 Å². The van der Waals surface area contributed by atoms with Crippen LogP contribution < -0.4 is 5.32 Å².